The lowest BCUT2D eigenvalue weighted by Gasteiger charge is -2.05. The molecule has 0 amide bonds. The van der Waals surface area contributed by atoms with Crippen LogP contribution in [0.3, 0.4) is 0 Å². The van der Waals surface area contributed by atoms with E-state index in [2.05, 4.69) is 10.1 Å². The second kappa shape index (κ2) is 4.11. The van der Waals surface area contributed by atoms with Crippen molar-refractivity contribution in [2.45, 2.75) is 12.8 Å². The van der Waals surface area contributed by atoms with Crippen molar-refractivity contribution in [2.75, 3.05) is 7.11 Å². The zero-order chi connectivity index (χ0) is 12.6. The molecule has 4 nitrogen and oxygen atoms in total. The first kappa shape index (κ1) is 12.1. The molecule has 2 aromatic rings. The number of alkyl halides is 3. The number of methoxy groups -OCH3 is 1. The van der Waals surface area contributed by atoms with E-state index in [4.69, 9.17) is 17.0 Å². The number of H-pyrrole nitrogens is 1. The first-order chi connectivity index (χ1) is 7.91. The van der Waals surface area contributed by atoms with Crippen LogP contribution in [0.1, 0.15) is 11.4 Å². The highest BCUT2D eigenvalue weighted by molar-refractivity contribution is 7.71. The van der Waals surface area contributed by atoms with E-state index < -0.39 is 11.9 Å². The predicted octanol–water partition coefficient (Wildman–Crippen LogP) is 2.56. The monoisotopic (exact) mass is 263 g/mol. The Morgan fingerprint density at radius 2 is 2.18 bits per heavy atom. The Morgan fingerprint density at radius 3 is 2.76 bits per heavy atom. The Labute approximate surface area is 99.0 Å². The first-order valence-corrected chi connectivity index (χ1v) is 5.00. The number of ether oxygens (including phenoxy) is 1. The van der Waals surface area contributed by atoms with Gasteiger partial charge < -0.3 is 4.74 Å². The number of nitrogens with zero attached hydrogens (tertiary/aromatic N) is 2. The Morgan fingerprint density at radius 1 is 1.47 bits per heavy atom. The number of hydrogen-bond donors (Lipinski definition) is 1. The molecule has 1 N–H and O–H groups in total. The molecule has 8 heteroatoms. The van der Waals surface area contributed by atoms with Gasteiger partial charge in [-0.2, -0.15) is 13.2 Å². The zero-order valence-electron chi connectivity index (χ0n) is 8.71. The summed E-state index contributed by atoms with van der Waals surface area (Å²) in [5.41, 5.74) is -0.271. The van der Waals surface area contributed by atoms with Gasteiger partial charge in [-0.3, -0.25) is 5.10 Å². The van der Waals surface area contributed by atoms with E-state index in [-0.39, 0.29) is 16.9 Å². The standard InChI is InChI=1S/C9H8F3N3OS/c1-16-4-5-2-7-13-6(9(10,11)12)3-8(17)15(7)14-5/h2-3,14H,4H2,1H3. The summed E-state index contributed by atoms with van der Waals surface area (Å²) in [6.07, 6.45) is -4.50. The normalized spacial score (nSPS) is 12.2. The van der Waals surface area contributed by atoms with Crippen molar-refractivity contribution < 1.29 is 17.9 Å². The van der Waals surface area contributed by atoms with E-state index in [0.717, 1.165) is 6.07 Å². The molecule has 0 aromatic carbocycles. The quantitative estimate of drug-likeness (QED) is 0.847. The Kier molecular flexibility index (Phi) is 2.92. The van der Waals surface area contributed by atoms with Gasteiger partial charge in [-0.05, 0) is 0 Å². The Balaban J connectivity index is 2.61. The van der Waals surface area contributed by atoms with Crippen LogP contribution >= 0.6 is 12.2 Å². The minimum absolute atomic E-state index is 0.0182. The molecule has 0 aliphatic carbocycles. The summed E-state index contributed by atoms with van der Waals surface area (Å²) < 4.78 is 43.7. The number of halogens is 3. The average molecular weight is 263 g/mol. The van der Waals surface area contributed by atoms with Crippen molar-refractivity contribution in [2.24, 2.45) is 0 Å². The molecule has 2 aromatic heterocycles. The molecule has 0 aliphatic rings. The lowest BCUT2D eigenvalue weighted by atomic mass is 10.4. The molecule has 0 radical (unpaired) electrons. The average Bonchev–Trinajstić information content (AvgIpc) is 2.60. The third-order valence-corrected chi connectivity index (χ3v) is 2.39. The Hall–Kier alpha value is -1.41. The molecular formula is C9H8F3N3OS. The van der Waals surface area contributed by atoms with E-state index in [1.54, 1.807) is 0 Å². The van der Waals surface area contributed by atoms with Gasteiger partial charge in [0.15, 0.2) is 5.65 Å². The van der Waals surface area contributed by atoms with Gasteiger partial charge in [0.25, 0.3) is 0 Å². The van der Waals surface area contributed by atoms with Crippen LogP contribution in [0.2, 0.25) is 0 Å². The van der Waals surface area contributed by atoms with Gasteiger partial charge in [-0.1, -0.05) is 12.2 Å². The van der Waals surface area contributed by atoms with Gasteiger partial charge in [0.05, 0.1) is 12.3 Å². The van der Waals surface area contributed by atoms with Crippen LogP contribution in [0.5, 0.6) is 0 Å². The van der Waals surface area contributed by atoms with Crippen LogP contribution in [0.4, 0.5) is 13.2 Å². The molecule has 92 valence electrons. The van der Waals surface area contributed by atoms with E-state index in [9.17, 15) is 13.2 Å². The lowest BCUT2D eigenvalue weighted by molar-refractivity contribution is -0.141. The van der Waals surface area contributed by atoms with Crippen LogP contribution in [0.15, 0.2) is 12.1 Å². The third kappa shape index (κ3) is 2.32. The van der Waals surface area contributed by atoms with Crippen molar-refractivity contribution in [1.29, 1.82) is 0 Å². The summed E-state index contributed by atoms with van der Waals surface area (Å²) >= 11 is 4.86. The van der Waals surface area contributed by atoms with Crippen LogP contribution in [-0.2, 0) is 17.5 Å². The molecule has 0 atom stereocenters. The minimum atomic E-state index is -4.50. The molecule has 2 heterocycles. The summed E-state index contributed by atoms with van der Waals surface area (Å²) in [4.78, 5) is 3.49. The molecule has 0 saturated carbocycles. The molecule has 17 heavy (non-hydrogen) atoms. The number of hydrogen-bond acceptors (Lipinski definition) is 3. The molecule has 0 fully saturated rings. The molecule has 0 unspecified atom stereocenters. The van der Waals surface area contributed by atoms with Crippen LogP contribution in [-0.4, -0.2) is 21.7 Å². The van der Waals surface area contributed by atoms with Gasteiger partial charge in [0.1, 0.15) is 10.3 Å². The number of aromatic nitrogens is 3. The van der Waals surface area contributed by atoms with Crippen LogP contribution in [0.25, 0.3) is 5.65 Å². The van der Waals surface area contributed by atoms with E-state index >= 15 is 0 Å². The van der Waals surface area contributed by atoms with Crippen molar-refractivity contribution in [3.63, 3.8) is 0 Å². The van der Waals surface area contributed by atoms with E-state index in [1.807, 2.05) is 0 Å². The Bertz CT molecular complexity index is 602. The lowest BCUT2D eigenvalue weighted by Crippen LogP contribution is -2.09. The summed E-state index contributed by atoms with van der Waals surface area (Å²) in [7, 11) is 1.49. The minimum Gasteiger partial charge on any atom is -0.378 e. The molecule has 0 saturated heterocycles. The highest BCUT2D eigenvalue weighted by Gasteiger charge is 2.33. The predicted molar refractivity (Wildman–Crippen MR) is 56.1 cm³/mol. The molecule has 2 rings (SSSR count). The number of nitrogens with one attached hydrogen (secondary N) is 1. The van der Waals surface area contributed by atoms with E-state index in [1.165, 1.54) is 17.7 Å². The van der Waals surface area contributed by atoms with Crippen LogP contribution in [0, 0.1) is 4.64 Å². The highest BCUT2D eigenvalue weighted by atomic mass is 32.1. The zero-order valence-corrected chi connectivity index (χ0v) is 9.52. The van der Waals surface area contributed by atoms with Crippen molar-refractivity contribution in [3.8, 4) is 0 Å². The topological polar surface area (TPSA) is 42.3 Å². The summed E-state index contributed by atoms with van der Waals surface area (Å²) in [5.74, 6) is 0. The van der Waals surface area contributed by atoms with Crippen molar-refractivity contribution in [3.05, 3.63) is 28.2 Å². The maximum atomic E-state index is 12.5. The molecule has 0 aliphatic heterocycles. The summed E-state index contributed by atoms with van der Waals surface area (Å²) in [6.45, 7) is 0.249. The van der Waals surface area contributed by atoms with Crippen LogP contribution < -0.4 is 0 Å². The third-order valence-electron chi connectivity index (χ3n) is 2.09. The molecule has 0 spiro atoms. The number of aromatic amines is 1. The van der Waals surface area contributed by atoms with Crippen molar-refractivity contribution in [1.82, 2.24) is 14.6 Å². The summed E-state index contributed by atoms with van der Waals surface area (Å²) in [5, 5.41) is 2.80. The van der Waals surface area contributed by atoms with Crippen molar-refractivity contribution >= 4 is 17.9 Å². The fourth-order valence-corrected chi connectivity index (χ4v) is 1.67. The smallest absolute Gasteiger partial charge is 0.378 e. The van der Waals surface area contributed by atoms with E-state index in [0.29, 0.717) is 5.69 Å². The largest absolute Gasteiger partial charge is 0.433 e. The van der Waals surface area contributed by atoms with Gasteiger partial charge in [0, 0.05) is 19.2 Å². The second-order valence-electron chi connectivity index (χ2n) is 3.39. The maximum Gasteiger partial charge on any atom is 0.433 e. The second-order valence-corrected chi connectivity index (χ2v) is 3.80. The van der Waals surface area contributed by atoms with Gasteiger partial charge in [0.2, 0.25) is 0 Å². The first-order valence-electron chi connectivity index (χ1n) is 4.59. The summed E-state index contributed by atoms with van der Waals surface area (Å²) in [6, 6.07) is 2.28. The molecular weight excluding hydrogens is 255 g/mol. The molecule has 0 bridgehead atoms. The highest BCUT2D eigenvalue weighted by Crippen LogP contribution is 2.28. The maximum absolute atomic E-state index is 12.5. The van der Waals surface area contributed by atoms with Gasteiger partial charge in [-0.25, -0.2) is 9.50 Å². The fourth-order valence-electron chi connectivity index (χ4n) is 1.42. The number of fused-ring (bicyclic) bond motifs is 1. The van der Waals surface area contributed by atoms with Gasteiger partial charge in [-0.15, -0.1) is 0 Å². The fraction of sp³-hybridized carbons (Fsp3) is 0.333. The SMILES string of the molecule is COCc1cc2nc(C(F)(F)F)cc(=S)n2[nH]1. The number of rotatable bonds is 2. The van der Waals surface area contributed by atoms with Gasteiger partial charge >= 0.3 is 6.18 Å².